The van der Waals surface area contributed by atoms with E-state index in [9.17, 15) is 4.79 Å². The third-order valence-electron chi connectivity index (χ3n) is 4.22. The number of hydrogen-bond donors (Lipinski definition) is 1. The highest BCUT2D eigenvalue weighted by molar-refractivity contribution is 7.97. The summed E-state index contributed by atoms with van der Waals surface area (Å²) in [6, 6.07) is 10.2. The fourth-order valence-corrected chi connectivity index (χ4v) is 3.56. The first-order valence-electron chi connectivity index (χ1n) is 8.20. The zero-order chi connectivity index (χ0) is 16.8. The molecule has 0 saturated carbocycles. The number of ether oxygens (including phenoxy) is 1. The lowest BCUT2D eigenvalue weighted by Crippen LogP contribution is -2.38. The molecule has 1 aliphatic heterocycles. The molecule has 2 aromatic rings. The maximum absolute atomic E-state index is 12.5. The zero-order valence-electron chi connectivity index (χ0n) is 13.9. The van der Waals surface area contributed by atoms with Crippen molar-refractivity contribution in [2.75, 3.05) is 12.9 Å². The van der Waals surface area contributed by atoms with Crippen LogP contribution >= 0.6 is 11.8 Å². The van der Waals surface area contributed by atoms with Gasteiger partial charge in [-0.25, -0.2) is 0 Å². The van der Waals surface area contributed by atoms with Gasteiger partial charge in [0.25, 0.3) is 0 Å². The second-order valence-corrected chi connectivity index (χ2v) is 6.91. The van der Waals surface area contributed by atoms with Crippen molar-refractivity contribution in [2.45, 2.75) is 31.4 Å². The molecule has 1 aliphatic rings. The number of benzene rings is 1. The molecule has 1 N–H and O–H groups in total. The predicted molar refractivity (Wildman–Crippen MR) is 95.6 cm³/mol. The largest absolute Gasteiger partial charge is 0.368 e. The van der Waals surface area contributed by atoms with Gasteiger partial charge in [0, 0.05) is 43.8 Å². The summed E-state index contributed by atoms with van der Waals surface area (Å²) in [7, 11) is 0. The average molecular weight is 345 g/mol. The minimum absolute atomic E-state index is 0.0278. The molecule has 2 atom stereocenters. The minimum Gasteiger partial charge on any atom is -0.368 e. The van der Waals surface area contributed by atoms with Crippen LogP contribution in [0.1, 0.15) is 17.5 Å². The van der Waals surface area contributed by atoms with Crippen molar-refractivity contribution < 1.29 is 9.53 Å². The number of hydrogen-bond acceptors (Lipinski definition) is 4. The highest BCUT2D eigenvalue weighted by atomic mass is 32.2. The smallest absolute Gasteiger partial charge is 0.249 e. The first-order chi connectivity index (χ1) is 11.8. The van der Waals surface area contributed by atoms with Gasteiger partial charge in [-0.15, -0.1) is 0 Å². The molecule has 24 heavy (non-hydrogen) atoms. The van der Waals surface area contributed by atoms with E-state index < -0.39 is 0 Å². The fourth-order valence-electron chi connectivity index (χ4n) is 3.05. The van der Waals surface area contributed by atoms with E-state index in [1.165, 1.54) is 5.56 Å². The van der Waals surface area contributed by atoms with Crippen LogP contribution in [0.5, 0.6) is 0 Å². The van der Waals surface area contributed by atoms with E-state index in [1.807, 2.05) is 29.1 Å². The van der Waals surface area contributed by atoms with Crippen LogP contribution in [0.4, 0.5) is 0 Å². The Morgan fingerprint density at radius 1 is 1.42 bits per heavy atom. The number of nitrogens with one attached hydrogen (secondary N) is 1. The van der Waals surface area contributed by atoms with E-state index in [0.717, 1.165) is 17.7 Å². The van der Waals surface area contributed by atoms with Crippen LogP contribution in [-0.4, -0.2) is 34.7 Å². The zero-order valence-corrected chi connectivity index (χ0v) is 14.7. The van der Waals surface area contributed by atoms with Gasteiger partial charge in [-0.1, -0.05) is 24.3 Å². The number of aromatic nitrogens is 2. The van der Waals surface area contributed by atoms with Crippen LogP contribution in [0.3, 0.4) is 0 Å². The summed E-state index contributed by atoms with van der Waals surface area (Å²) in [5, 5.41) is 7.24. The summed E-state index contributed by atoms with van der Waals surface area (Å²) < 4.78 is 7.54. The van der Waals surface area contributed by atoms with Gasteiger partial charge in [0.05, 0.1) is 0 Å². The number of carbonyl (C=O) groups is 1. The highest BCUT2D eigenvalue weighted by Gasteiger charge is 2.34. The average Bonchev–Trinajstić information content (AvgIpc) is 3.26. The Balaban J connectivity index is 1.55. The second kappa shape index (κ2) is 8.35. The molecule has 1 aromatic carbocycles. The quantitative estimate of drug-likeness (QED) is 0.837. The van der Waals surface area contributed by atoms with E-state index >= 15 is 0 Å². The lowest BCUT2D eigenvalue weighted by Gasteiger charge is -2.18. The van der Waals surface area contributed by atoms with Gasteiger partial charge in [0.1, 0.15) is 6.10 Å². The molecule has 1 amide bonds. The molecule has 3 rings (SSSR count). The Labute approximate surface area is 146 Å². The molecule has 0 unspecified atom stereocenters. The van der Waals surface area contributed by atoms with Crippen LogP contribution in [0.25, 0.3) is 0 Å². The SMILES string of the molecule is CSCc1cccc(CNC(=O)[C@@H]2OCC[C@@H]2Cn2cccn2)c1. The Morgan fingerprint density at radius 3 is 3.08 bits per heavy atom. The maximum atomic E-state index is 12.5. The molecule has 0 spiro atoms. The topological polar surface area (TPSA) is 56.1 Å². The van der Waals surface area contributed by atoms with E-state index in [-0.39, 0.29) is 17.9 Å². The Morgan fingerprint density at radius 2 is 2.29 bits per heavy atom. The summed E-state index contributed by atoms with van der Waals surface area (Å²) in [4.78, 5) is 12.5. The molecule has 1 saturated heterocycles. The van der Waals surface area contributed by atoms with Gasteiger partial charge in [-0.3, -0.25) is 9.48 Å². The van der Waals surface area contributed by atoms with Crippen molar-refractivity contribution in [3.8, 4) is 0 Å². The summed E-state index contributed by atoms with van der Waals surface area (Å²) in [5.41, 5.74) is 2.40. The van der Waals surface area contributed by atoms with Crippen LogP contribution in [-0.2, 0) is 28.4 Å². The molecule has 0 aliphatic carbocycles. The molecule has 1 fully saturated rings. The van der Waals surface area contributed by atoms with Crippen molar-refractivity contribution in [3.63, 3.8) is 0 Å². The molecule has 0 bridgehead atoms. The van der Waals surface area contributed by atoms with Gasteiger partial charge in [0.2, 0.25) is 5.91 Å². The molecule has 2 heterocycles. The van der Waals surface area contributed by atoms with Gasteiger partial charge < -0.3 is 10.1 Å². The normalized spacial score (nSPS) is 20.2. The molecular formula is C18H23N3O2S. The summed E-state index contributed by atoms with van der Waals surface area (Å²) in [6.07, 6.45) is 6.27. The van der Waals surface area contributed by atoms with Crippen molar-refractivity contribution in [2.24, 2.45) is 5.92 Å². The number of carbonyl (C=O) groups excluding carboxylic acids is 1. The summed E-state index contributed by atoms with van der Waals surface area (Å²) in [6.45, 7) is 1.89. The second-order valence-electron chi connectivity index (χ2n) is 6.04. The number of amides is 1. The first kappa shape index (κ1) is 17.0. The standard InChI is InChI=1S/C18H23N3O2S/c1-24-13-15-5-2-4-14(10-15)11-19-18(22)17-16(6-9-23-17)12-21-8-3-7-20-21/h2-5,7-8,10,16-17H,6,9,11-13H2,1H3,(H,19,22)/t16-,17-/m1/s1. The van der Waals surface area contributed by atoms with E-state index in [2.05, 4.69) is 28.8 Å². The molecule has 128 valence electrons. The van der Waals surface area contributed by atoms with Crippen LogP contribution in [0.2, 0.25) is 0 Å². The van der Waals surface area contributed by atoms with Gasteiger partial charge >= 0.3 is 0 Å². The van der Waals surface area contributed by atoms with Crippen molar-refractivity contribution >= 4 is 17.7 Å². The summed E-state index contributed by atoms with van der Waals surface area (Å²) >= 11 is 1.79. The lowest BCUT2D eigenvalue weighted by atomic mass is 10.0. The Hall–Kier alpha value is -1.79. The fraction of sp³-hybridized carbons (Fsp3) is 0.444. The molecule has 0 radical (unpaired) electrons. The molecule has 5 nitrogen and oxygen atoms in total. The van der Waals surface area contributed by atoms with Crippen LogP contribution < -0.4 is 5.32 Å². The third-order valence-corrected chi connectivity index (χ3v) is 4.84. The molecular weight excluding hydrogens is 322 g/mol. The summed E-state index contributed by atoms with van der Waals surface area (Å²) in [5.74, 6) is 1.13. The number of nitrogens with zero attached hydrogens (tertiary/aromatic N) is 2. The van der Waals surface area contributed by atoms with E-state index in [1.54, 1.807) is 18.0 Å². The predicted octanol–water partition coefficient (Wildman–Crippen LogP) is 2.47. The van der Waals surface area contributed by atoms with Crippen molar-refractivity contribution in [3.05, 3.63) is 53.9 Å². The Bertz CT molecular complexity index is 660. The van der Waals surface area contributed by atoms with Gasteiger partial charge in [-0.05, 0) is 29.9 Å². The first-order valence-corrected chi connectivity index (χ1v) is 9.59. The molecule has 1 aromatic heterocycles. The van der Waals surface area contributed by atoms with Crippen LogP contribution in [0.15, 0.2) is 42.7 Å². The monoisotopic (exact) mass is 345 g/mol. The van der Waals surface area contributed by atoms with Crippen LogP contribution in [0, 0.1) is 5.92 Å². The van der Waals surface area contributed by atoms with Crippen molar-refractivity contribution in [1.29, 1.82) is 0 Å². The number of rotatable bonds is 7. The maximum Gasteiger partial charge on any atom is 0.249 e. The Kier molecular flexibility index (Phi) is 5.93. The van der Waals surface area contributed by atoms with Gasteiger partial charge in [-0.2, -0.15) is 16.9 Å². The molecule has 6 heteroatoms. The van der Waals surface area contributed by atoms with E-state index in [4.69, 9.17) is 4.74 Å². The van der Waals surface area contributed by atoms with Gasteiger partial charge in [0.15, 0.2) is 0 Å². The number of thioether (sulfide) groups is 1. The minimum atomic E-state index is -0.386. The van der Waals surface area contributed by atoms with Crippen molar-refractivity contribution in [1.82, 2.24) is 15.1 Å². The highest BCUT2D eigenvalue weighted by Crippen LogP contribution is 2.23. The third kappa shape index (κ3) is 4.39. The lowest BCUT2D eigenvalue weighted by molar-refractivity contribution is -0.132. The van der Waals surface area contributed by atoms with E-state index in [0.29, 0.717) is 19.7 Å².